The van der Waals surface area contributed by atoms with Crippen LogP contribution in [0.3, 0.4) is 0 Å². The maximum Gasteiger partial charge on any atom is 0.416 e. The fourth-order valence-corrected chi connectivity index (χ4v) is 2.89. The first kappa shape index (κ1) is 19.3. The van der Waals surface area contributed by atoms with Crippen LogP contribution in [-0.4, -0.2) is 18.2 Å². The number of nitrogens with one attached hydrogen (secondary N) is 4. The molecule has 3 unspecified atom stereocenters. The molecule has 3 rings (SSSR count). The Labute approximate surface area is 154 Å². The second-order valence-corrected chi connectivity index (χ2v) is 6.25. The van der Waals surface area contributed by atoms with Crippen molar-refractivity contribution in [2.45, 2.75) is 25.1 Å². The number of hydrazine groups is 1. The first-order chi connectivity index (χ1) is 12.8. The van der Waals surface area contributed by atoms with Crippen LogP contribution in [0.2, 0.25) is 0 Å². The van der Waals surface area contributed by atoms with Crippen molar-refractivity contribution >= 4 is 11.6 Å². The number of carbonyl (C=O) groups is 1. The molecule has 0 radical (unpaired) electrons. The molecule has 6 nitrogen and oxygen atoms in total. The third kappa shape index (κ3) is 4.83. The van der Waals surface area contributed by atoms with Crippen LogP contribution in [0.4, 0.5) is 18.9 Å². The van der Waals surface area contributed by atoms with E-state index < -0.39 is 35.9 Å². The lowest BCUT2D eigenvalue weighted by Crippen LogP contribution is -2.48. The van der Waals surface area contributed by atoms with Gasteiger partial charge in [0.15, 0.2) is 0 Å². The monoisotopic (exact) mass is 379 g/mol. The average molecular weight is 379 g/mol. The fraction of sp³-hybridized carbons (Fsp3) is 0.278. The second kappa shape index (κ2) is 8.05. The Morgan fingerprint density at radius 3 is 2.52 bits per heavy atom. The molecule has 1 fully saturated rings. The number of nitrogens with two attached hydrogens (primary N) is 1. The number of benzene rings is 2. The van der Waals surface area contributed by atoms with Crippen LogP contribution >= 0.6 is 0 Å². The average Bonchev–Trinajstić information content (AvgIpc) is 3.01. The quantitative estimate of drug-likeness (QED) is 0.546. The van der Waals surface area contributed by atoms with Crippen molar-refractivity contribution in [2.75, 3.05) is 5.32 Å². The number of rotatable bonds is 5. The third-order valence-corrected chi connectivity index (χ3v) is 4.28. The lowest BCUT2D eigenvalue weighted by molar-refractivity contribution is -0.137. The Morgan fingerprint density at radius 1 is 1.07 bits per heavy atom. The molecule has 1 heterocycles. The van der Waals surface area contributed by atoms with Crippen LogP contribution in [0.15, 0.2) is 54.6 Å². The molecule has 1 aliphatic rings. The highest BCUT2D eigenvalue weighted by Crippen LogP contribution is 2.30. The largest absolute Gasteiger partial charge is 0.416 e. The van der Waals surface area contributed by atoms with Crippen molar-refractivity contribution < 1.29 is 18.0 Å². The van der Waals surface area contributed by atoms with Crippen molar-refractivity contribution in [3.8, 4) is 0 Å². The summed E-state index contributed by atoms with van der Waals surface area (Å²) in [5.41, 5.74) is 11.9. The molecule has 9 heteroatoms. The molecule has 0 aromatic heterocycles. The number of amides is 1. The van der Waals surface area contributed by atoms with E-state index in [1.807, 2.05) is 30.3 Å². The number of hydrogen-bond acceptors (Lipinski definition) is 5. The fourth-order valence-electron chi connectivity index (χ4n) is 2.89. The van der Waals surface area contributed by atoms with Crippen molar-refractivity contribution in [3.05, 3.63) is 65.7 Å². The van der Waals surface area contributed by atoms with Gasteiger partial charge in [0.1, 0.15) is 0 Å². The smallest absolute Gasteiger partial charge is 0.326 e. The van der Waals surface area contributed by atoms with E-state index in [2.05, 4.69) is 21.5 Å². The van der Waals surface area contributed by atoms with Crippen molar-refractivity contribution in [1.29, 1.82) is 0 Å². The summed E-state index contributed by atoms with van der Waals surface area (Å²) in [6, 6.07) is 14.1. The van der Waals surface area contributed by atoms with Crippen LogP contribution in [0.1, 0.15) is 11.1 Å². The van der Waals surface area contributed by atoms with Crippen LogP contribution in [-0.2, 0) is 17.5 Å². The summed E-state index contributed by atoms with van der Waals surface area (Å²) in [6.45, 7) is 0.500. The molecule has 0 saturated carbocycles. The first-order valence-corrected chi connectivity index (χ1v) is 8.36. The molecule has 3 atom stereocenters. The SMILES string of the molecule is NC1NNC(NCc2ccccc2)C1C(=O)Nc1cccc(C(F)(F)F)c1. The third-order valence-electron chi connectivity index (χ3n) is 4.28. The first-order valence-electron chi connectivity index (χ1n) is 8.36. The van der Waals surface area contributed by atoms with E-state index in [0.29, 0.717) is 6.54 Å². The van der Waals surface area contributed by atoms with Gasteiger partial charge in [0, 0.05) is 12.2 Å². The second-order valence-electron chi connectivity index (χ2n) is 6.25. The number of halogens is 3. The lowest BCUT2D eigenvalue weighted by Gasteiger charge is -2.21. The number of hydrogen-bond donors (Lipinski definition) is 5. The van der Waals surface area contributed by atoms with Crippen molar-refractivity contribution in [2.24, 2.45) is 11.7 Å². The van der Waals surface area contributed by atoms with E-state index in [1.54, 1.807) is 0 Å². The van der Waals surface area contributed by atoms with Gasteiger partial charge in [0.2, 0.25) is 5.91 Å². The Kier molecular flexibility index (Phi) is 5.76. The standard InChI is InChI=1S/C18H20F3N5O/c19-18(20,21)12-7-4-8-13(9-12)24-17(27)14-15(22)25-26-16(14)23-10-11-5-2-1-3-6-11/h1-9,14-16,23,25-26H,10,22H2,(H,24,27). The van der Waals surface area contributed by atoms with Gasteiger partial charge in [-0.25, -0.2) is 10.9 Å². The highest BCUT2D eigenvalue weighted by atomic mass is 19.4. The molecule has 1 amide bonds. The number of alkyl halides is 3. The maximum absolute atomic E-state index is 12.8. The molecule has 144 valence electrons. The molecule has 6 N–H and O–H groups in total. The van der Waals surface area contributed by atoms with E-state index >= 15 is 0 Å². The minimum atomic E-state index is -4.48. The zero-order valence-electron chi connectivity index (χ0n) is 14.3. The Balaban J connectivity index is 1.66. The summed E-state index contributed by atoms with van der Waals surface area (Å²) < 4.78 is 38.5. The Morgan fingerprint density at radius 2 is 1.81 bits per heavy atom. The maximum atomic E-state index is 12.8. The van der Waals surface area contributed by atoms with E-state index in [1.165, 1.54) is 12.1 Å². The molecule has 0 spiro atoms. The van der Waals surface area contributed by atoms with Gasteiger partial charge >= 0.3 is 6.18 Å². The summed E-state index contributed by atoms with van der Waals surface area (Å²) in [5.74, 6) is -1.20. The number of carbonyl (C=O) groups excluding carboxylic acids is 1. The highest BCUT2D eigenvalue weighted by molar-refractivity contribution is 5.93. The lowest BCUT2D eigenvalue weighted by atomic mass is 10.0. The van der Waals surface area contributed by atoms with Gasteiger partial charge in [-0.2, -0.15) is 13.2 Å². The summed E-state index contributed by atoms with van der Waals surface area (Å²) >= 11 is 0. The Hall–Kier alpha value is -2.46. The van der Waals surface area contributed by atoms with Crippen LogP contribution in [0.25, 0.3) is 0 Å². The molecule has 27 heavy (non-hydrogen) atoms. The predicted molar refractivity (Wildman–Crippen MR) is 94.9 cm³/mol. The molecule has 1 saturated heterocycles. The number of anilines is 1. The molecule has 2 aromatic rings. The molecule has 0 aliphatic carbocycles. The van der Waals surface area contributed by atoms with Gasteiger partial charge in [0.05, 0.1) is 23.8 Å². The molecule has 1 aliphatic heterocycles. The van der Waals surface area contributed by atoms with Gasteiger partial charge in [-0.3, -0.25) is 10.1 Å². The van der Waals surface area contributed by atoms with Gasteiger partial charge in [-0.1, -0.05) is 36.4 Å². The Bertz CT molecular complexity index is 784. The zero-order chi connectivity index (χ0) is 19.4. The van der Waals surface area contributed by atoms with Gasteiger partial charge in [-0.05, 0) is 23.8 Å². The molecule has 2 aromatic carbocycles. The highest BCUT2D eigenvalue weighted by Gasteiger charge is 2.39. The molecular formula is C18H20F3N5O. The molecule has 0 bridgehead atoms. The summed E-state index contributed by atoms with van der Waals surface area (Å²) in [5, 5.41) is 5.70. The minimum Gasteiger partial charge on any atom is -0.326 e. The van der Waals surface area contributed by atoms with Gasteiger partial charge in [0.25, 0.3) is 0 Å². The van der Waals surface area contributed by atoms with Gasteiger partial charge < -0.3 is 11.1 Å². The van der Waals surface area contributed by atoms with E-state index in [9.17, 15) is 18.0 Å². The minimum absolute atomic E-state index is 0.0655. The predicted octanol–water partition coefficient (Wildman–Crippen LogP) is 1.77. The summed E-state index contributed by atoms with van der Waals surface area (Å²) in [4.78, 5) is 12.6. The van der Waals surface area contributed by atoms with Crippen LogP contribution in [0, 0.1) is 5.92 Å². The summed E-state index contributed by atoms with van der Waals surface area (Å²) in [7, 11) is 0. The zero-order valence-corrected chi connectivity index (χ0v) is 14.3. The van der Waals surface area contributed by atoms with E-state index in [4.69, 9.17) is 5.73 Å². The van der Waals surface area contributed by atoms with Crippen molar-refractivity contribution in [1.82, 2.24) is 16.2 Å². The normalized spacial score (nSPS) is 22.6. The van der Waals surface area contributed by atoms with Crippen LogP contribution in [0.5, 0.6) is 0 Å². The topological polar surface area (TPSA) is 91.2 Å². The van der Waals surface area contributed by atoms with E-state index in [0.717, 1.165) is 17.7 Å². The summed E-state index contributed by atoms with van der Waals surface area (Å²) in [6.07, 6.45) is -5.65. The van der Waals surface area contributed by atoms with Gasteiger partial charge in [-0.15, -0.1) is 0 Å². The molecular weight excluding hydrogens is 359 g/mol. The van der Waals surface area contributed by atoms with E-state index in [-0.39, 0.29) is 5.69 Å². The van der Waals surface area contributed by atoms with Crippen molar-refractivity contribution in [3.63, 3.8) is 0 Å². The van der Waals surface area contributed by atoms with Crippen LogP contribution < -0.4 is 27.2 Å².